The summed E-state index contributed by atoms with van der Waals surface area (Å²) in [4.78, 5) is 0. The van der Waals surface area contributed by atoms with E-state index in [4.69, 9.17) is 5.73 Å². The zero-order chi connectivity index (χ0) is 12.4. The van der Waals surface area contributed by atoms with Crippen LogP contribution in [0.25, 0.3) is 0 Å². The molecule has 0 aliphatic heterocycles. The summed E-state index contributed by atoms with van der Waals surface area (Å²) in [6.45, 7) is 9.20. The molecule has 0 heterocycles. The third kappa shape index (κ3) is 6.52. The van der Waals surface area contributed by atoms with Crippen LogP contribution in [0.2, 0.25) is 0 Å². The Morgan fingerprint density at radius 3 is 2.00 bits per heavy atom. The fourth-order valence-corrected chi connectivity index (χ4v) is 2.51. The summed E-state index contributed by atoms with van der Waals surface area (Å²) in [5.74, 6) is 1.55. The Morgan fingerprint density at radius 2 is 1.50 bits per heavy atom. The van der Waals surface area contributed by atoms with Crippen molar-refractivity contribution in [1.29, 1.82) is 0 Å². The molecule has 0 aromatic heterocycles. The lowest BCUT2D eigenvalue weighted by Crippen LogP contribution is -2.34. The largest absolute Gasteiger partial charge is 0.327 e. The van der Waals surface area contributed by atoms with Crippen LogP contribution < -0.4 is 5.73 Å². The van der Waals surface area contributed by atoms with Gasteiger partial charge in [0.2, 0.25) is 0 Å². The maximum atomic E-state index is 6.38. The highest BCUT2D eigenvalue weighted by atomic mass is 14.7. The van der Waals surface area contributed by atoms with Gasteiger partial charge in [0, 0.05) is 6.04 Å². The van der Waals surface area contributed by atoms with Crippen molar-refractivity contribution >= 4 is 0 Å². The first-order valence-electron chi connectivity index (χ1n) is 7.42. The fourth-order valence-electron chi connectivity index (χ4n) is 2.51. The van der Waals surface area contributed by atoms with Crippen molar-refractivity contribution in [1.82, 2.24) is 0 Å². The molecule has 0 bridgehead atoms. The molecule has 0 rings (SSSR count). The van der Waals surface area contributed by atoms with E-state index in [2.05, 4.69) is 27.7 Å². The van der Waals surface area contributed by atoms with Crippen molar-refractivity contribution in [3.05, 3.63) is 0 Å². The minimum Gasteiger partial charge on any atom is -0.327 e. The highest BCUT2D eigenvalue weighted by Crippen LogP contribution is 2.26. The Morgan fingerprint density at radius 1 is 0.875 bits per heavy atom. The minimum absolute atomic E-state index is 0.438. The Bertz CT molecular complexity index is 144. The smallest absolute Gasteiger partial charge is 0.00697 e. The predicted octanol–water partition coefficient (Wildman–Crippen LogP) is 4.75. The van der Waals surface area contributed by atoms with E-state index in [0.29, 0.717) is 6.04 Å². The summed E-state index contributed by atoms with van der Waals surface area (Å²) >= 11 is 0. The van der Waals surface area contributed by atoms with Crippen molar-refractivity contribution in [3.8, 4) is 0 Å². The third-order valence-corrected chi connectivity index (χ3v) is 3.96. The summed E-state index contributed by atoms with van der Waals surface area (Å²) in [5, 5.41) is 0. The second-order valence-corrected chi connectivity index (χ2v) is 5.35. The van der Waals surface area contributed by atoms with Gasteiger partial charge in [0.05, 0.1) is 0 Å². The van der Waals surface area contributed by atoms with Crippen LogP contribution in [-0.4, -0.2) is 6.04 Å². The van der Waals surface area contributed by atoms with E-state index < -0.39 is 0 Å². The normalized spacial score (nSPS) is 17.1. The molecule has 0 spiro atoms. The van der Waals surface area contributed by atoms with Gasteiger partial charge in [-0.25, -0.2) is 0 Å². The van der Waals surface area contributed by atoms with Crippen molar-refractivity contribution in [3.63, 3.8) is 0 Å². The number of nitrogens with two attached hydrogens (primary N) is 1. The lowest BCUT2D eigenvalue weighted by molar-refractivity contribution is 0.255. The van der Waals surface area contributed by atoms with E-state index >= 15 is 0 Å². The molecule has 0 aliphatic rings. The van der Waals surface area contributed by atoms with Gasteiger partial charge in [-0.05, 0) is 24.7 Å². The van der Waals surface area contributed by atoms with Crippen LogP contribution in [0.4, 0.5) is 0 Å². The van der Waals surface area contributed by atoms with Crippen molar-refractivity contribution in [2.45, 2.75) is 85.1 Å². The third-order valence-electron chi connectivity index (χ3n) is 3.96. The van der Waals surface area contributed by atoms with Gasteiger partial charge < -0.3 is 5.73 Å². The molecular formula is C15H33N. The zero-order valence-corrected chi connectivity index (χ0v) is 12.0. The van der Waals surface area contributed by atoms with E-state index in [0.717, 1.165) is 11.8 Å². The second kappa shape index (κ2) is 10.1. The molecule has 1 nitrogen and oxygen atoms in total. The molecule has 0 aromatic rings. The van der Waals surface area contributed by atoms with Gasteiger partial charge in [-0.2, -0.15) is 0 Å². The van der Waals surface area contributed by atoms with Crippen LogP contribution in [0.1, 0.15) is 79.1 Å². The summed E-state index contributed by atoms with van der Waals surface area (Å²) < 4.78 is 0. The highest BCUT2D eigenvalue weighted by molar-refractivity contribution is 4.77. The molecule has 3 atom stereocenters. The van der Waals surface area contributed by atoms with Crippen LogP contribution in [-0.2, 0) is 0 Å². The average Bonchev–Trinajstić information content (AvgIpc) is 2.29. The predicted molar refractivity (Wildman–Crippen MR) is 74.6 cm³/mol. The lowest BCUT2D eigenvalue weighted by atomic mass is 9.80. The first kappa shape index (κ1) is 16.0. The first-order valence-corrected chi connectivity index (χ1v) is 7.42. The molecule has 0 saturated heterocycles. The molecule has 0 aliphatic carbocycles. The van der Waals surface area contributed by atoms with E-state index in [1.165, 1.54) is 51.4 Å². The van der Waals surface area contributed by atoms with Crippen LogP contribution in [0, 0.1) is 11.8 Å². The van der Waals surface area contributed by atoms with E-state index in [1.807, 2.05) is 0 Å². The molecule has 0 radical (unpaired) electrons. The second-order valence-electron chi connectivity index (χ2n) is 5.35. The molecule has 0 aromatic carbocycles. The molecule has 3 unspecified atom stereocenters. The monoisotopic (exact) mass is 227 g/mol. The number of hydrogen-bond acceptors (Lipinski definition) is 1. The van der Waals surface area contributed by atoms with Gasteiger partial charge >= 0.3 is 0 Å². The summed E-state index contributed by atoms with van der Waals surface area (Å²) in [5.41, 5.74) is 6.38. The van der Waals surface area contributed by atoms with E-state index in [-0.39, 0.29) is 0 Å². The SMILES string of the molecule is CCCCCC(N)C(CCCC)C(C)CC. The Hall–Kier alpha value is -0.0400. The Labute approximate surface area is 103 Å². The molecule has 0 saturated carbocycles. The quantitative estimate of drug-likeness (QED) is 0.536. The molecule has 16 heavy (non-hydrogen) atoms. The standard InChI is InChI=1S/C15H33N/c1-5-8-10-12-15(16)14(11-9-6-2)13(4)7-3/h13-15H,5-12,16H2,1-4H3. The van der Waals surface area contributed by atoms with Gasteiger partial charge in [-0.1, -0.05) is 66.2 Å². The molecule has 0 amide bonds. The number of rotatable bonds is 10. The van der Waals surface area contributed by atoms with Crippen molar-refractivity contribution in [2.24, 2.45) is 17.6 Å². The first-order chi connectivity index (χ1) is 7.67. The summed E-state index contributed by atoms with van der Waals surface area (Å²) in [7, 11) is 0. The van der Waals surface area contributed by atoms with Gasteiger partial charge in [0.15, 0.2) is 0 Å². The minimum atomic E-state index is 0.438. The van der Waals surface area contributed by atoms with Crippen LogP contribution in [0.15, 0.2) is 0 Å². The summed E-state index contributed by atoms with van der Waals surface area (Å²) in [6.07, 6.45) is 10.4. The van der Waals surface area contributed by atoms with Crippen molar-refractivity contribution < 1.29 is 0 Å². The van der Waals surface area contributed by atoms with Crippen molar-refractivity contribution in [2.75, 3.05) is 0 Å². The topological polar surface area (TPSA) is 26.0 Å². The van der Waals surface area contributed by atoms with Gasteiger partial charge in [0.1, 0.15) is 0 Å². The Kier molecular flexibility index (Phi) is 10.1. The molecule has 0 fully saturated rings. The maximum absolute atomic E-state index is 6.38. The molecule has 1 heteroatoms. The average molecular weight is 227 g/mol. The fraction of sp³-hybridized carbons (Fsp3) is 1.00. The van der Waals surface area contributed by atoms with Gasteiger partial charge in [0.25, 0.3) is 0 Å². The molecule has 2 N–H and O–H groups in total. The maximum Gasteiger partial charge on any atom is 0.00697 e. The summed E-state index contributed by atoms with van der Waals surface area (Å²) in [6, 6.07) is 0.438. The van der Waals surface area contributed by atoms with E-state index in [1.54, 1.807) is 0 Å². The van der Waals surface area contributed by atoms with Crippen LogP contribution >= 0.6 is 0 Å². The van der Waals surface area contributed by atoms with Crippen LogP contribution in [0.5, 0.6) is 0 Å². The number of unbranched alkanes of at least 4 members (excludes halogenated alkanes) is 3. The van der Waals surface area contributed by atoms with Gasteiger partial charge in [-0.3, -0.25) is 0 Å². The van der Waals surface area contributed by atoms with E-state index in [9.17, 15) is 0 Å². The molecular weight excluding hydrogens is 194 g/mol. The molecule has 98 valence electrons. The highest BCUT2D eigenvalue weighted by Gasteiger charge is 2.21. The van der Waals surface area contributed by atoms with Crippen LogP contribution in [0.3, 0.4) is 0 Å². The number of hydrogen-bond donors (Lipinski definition) is 1. The van der Waals surface area contributed by atoms with Gasteiger partial charge in [-0.15, -0.1) is 0 Å². The zero-order valence-electron chi connectivity index (χ0n) is 12.0. The lowest BCUT2D eigenvalue weighted by Gasteiger charge is -2.29. The Balaban J connectivity index is 4.03.